The highest BCUT2D eigenvalue weighted by atomic mass is 15.3. The van der Waals surface area contributed by atoms with E-state index in [1.54, 1.807) is 16.9 Å². The molecule has 2 aromatic rings. The molecule has 0 fully saturated rings. The summed E-state index contributed by atoms with van der Waals surface area (Å²) in [5, 5.41) is 13.0. The molecule has 0 unspecified atom stereocenters. The van der Waals surface area contributed by atoms with Gasteiger partial charge in [-0.1, -0.05) is 0 Å². The molecular formula is C12H14N6. The maximum Gasteiger partial charge on any atom is 0.226 e. The molecule has 0 N–H and O–H groups in total. The third kappa shape index (κ3) is 2.63. The van der Waals surface area contributed by atoms with Gasteiger partial charge in [0.2, 0.25) is 5.95 Å². The molecule has 0 saturated carbocycles. The summed E-state index contributed by atoms with van der Waals surface area (Å²) < 4.78 is 1.75. The van der Waals surface area contributed by atoms with Crippen molar-refractivity contribution in [3.05, 3.63) is 35.4 Å². The Morgan fingerprint density at radius 3 is 2.83 bits per heavy atom. The van der Waals surface area contributed by atoms with Gasteiger partial charge in [0.05, 0.1) is 6.20 Å². The Labute approximate surface area is 106 Å². The summed E-state index contributed by atoms with van der Waals surface area (Å²) in [5.74, 6) is 0.551. The molecule has 0 aliphatic heterocycles. The van der Waals surface area contributed by atoms with Crippen LogP contribution in [0.25, 0.3) is 0 Å². The smallest absolute Gasteiger partial charge is 0.226 e. The van der Waals surface area contributed by atoms with Crippen molar-refractivity contribution in [2.45, 2.75) is 13.5 Å². The van der Waals surface area contributed by atoms with E-state index < -0.39 is 0 Å². The molecule has 0 aliphatic rings. The van der Waals surface area contributed by atoms with Crippen molar-refractivity contribution in [3.8, 4) is 6.07 Å². The average Bonchev–Trinajstić information content (AvgIpc) is 2.73. The standard InChI is InChI=1S/C12H14N6/c1-9-4-11(5-13)16-12(15-9)17(2)7-10-6-14-18(3)8-10/h4,6,8H,7H2,1-3H3. The van der Waals surface area contributed by atoms with Crippen LogP contribution < -0.4 is 4.90 Å². The van der Waals surface area contributed by atoms with Gasteiger partial charge in [-0.15, -0.1) is 0 Å². The van der Waals surface area contributed by atoms with Gasteiger partial charge in [0.15, 0.2) is 0 Å². The summed E-state index contributed by atoms with van der Waals surface area (Å²) >= 11 is 0. The van der Waals surface area contributed by atoms with E-state index in [0.717, 1.165) is 11.3 Å². The molecular weight excluding hydrogens is 228 g/mol. The van der Waals surface area contributed by atoms with E-state index in [0.29, 0.717) is 18.2 Å². The number of rotatable bonds is 3. The van der Waals surface area contributed by atoms with Crippen molar-refractivity contribution in [1.82, 2.24) is 19.7 Å². The monoisotopic (exact) mass is 242 g/mol. The lowest BCUT2D eigenvalue weighted by atomic mass is 10.3. The molecule has 0 bridgehead atoms. The van der Waals surface area contributed by atoms with Gasteiger partial charge in [-0.3, -0.25) is 4.68 Å². The minimum atomic E-state index is 0.385. The van der Waals surface area contributed by atoms with Crippen LogP contribution in [0.4, 0.5) is 5.95 Å². The van der Waals surface area contributed by atoms with Crippen LogP contribution in [0.5, 0.6) is 0 Å². The van der Waals surface area contributed by atoms with E-state index in [9.17, 15) is 0 Å². The van der Waals surface area contributed by atoms with E-state index in [4.69, 9.17) is 5.26 Å². The van der Waals surface area contributed by atoms with E-state index in [1.807, 2.05) is 38.2 Å². The van der Waals surface area contributed by atoms with Gasteiger partial charge in [-0.05, 0) is 13.0 Å². The van der Waals surface area contributed by atoms with Crippen molar-refractivity contribution < 1.29 is 0 Å². The molecule has 2 heterocycles. The van der Waals surface area contributed by atoms with Crippen molar-refractivity contribution in [1.29, 1.82) is 5.26 Å². The summed E-state index contributed by atoms with van der Waals surface area (Å²) in [4.78, 5) is 10.4. The van der Waals surface area contributed by atoms with Crippen molar-refractivity contribution in [2.75, 3.05) is 11.9 Å². The molecule has 2 aromatic heterocycles. The zero-order valence-corrected chi connectivity index (χ0v) is 10.6. The fraction of sp³-hybridized carbons (Fsp3) is 0.333. The molecule has 6 nitrogen and oxygen atoms in total. The molecule has 0 spiro atoms. The normalized spacial score (nSPS) is 10.1. The number of hydrogen-bond donors (Lipinski definition) is 0. The predicted octanol–water partition coefficient (Wildman–Crippen LogP) is 1.03. The van der Waals surface area contributed by atoms with Crippen LogP contribution in [0.1, 0.15) is 17.0 Å². The van der Waals surface area contributed by atoms with Crippen LogP contribution in [0.2, 0.25) is 0 Å². The Morgan fingerprint density at radius 1 is 1.44 bits per heavy atom. The van der Waals surface area contributed by atoms with Crippen molar-refractivity contribution in [3.63, 3.8) is 0 Å². The summed E-state index contributed by atoms with van der Waals surface area (Å²) in [5.41, 5.74) is 2.24. The minimum absolute atomic E-state index is 0.385. The first-order valence-corrected chi connectivity index (χ1v) is 5.53. The van der Waals surface area contributed by atoms with Gasteiger partial charge in [0, 0.05) is 38.1 Å². The average molecular weight is 242 g/mol. The third-order valence-corrected chi connectivity index (χ3v) is 2.48. The molecule has 2 rings (SSSR count). The highest BCUT2D eigenvalue weighted by molar-refractivity contribution is 5.35. The summed E-state index contributed by atoms with van der Waals surface area (Å²) in [7, 11) is 3.77. The number of aryl methyl sites for hydroxylation is 2. The summed E-state index contributed by atoms with van der Waals surface area (Å²) in [6.45, 7) is 2.51. The van der Waals surface area contributed by atoms with Crippen molar-refractivity contribution in [2.24, 2.45) is 7.05 Å². The zero-order valence-electron chi connectivity index (χ0n) is 10.6. The van der Waals surface area contributed by atoms with Crippen LogP contribution in [-0.2, 0) is 13.6 Å². The first-order chi connectivity index (χ1) is 8.58. The van der Waals surface area contributed by atoms with Crippen molar-refractivity contribution >= 4 is 5.95 Å². The van der Waals surface area contributed by atoms with E-state index in [2.05, 4.69) is 15.1 Å². The predicted molar refractivity (Wildman–Crippen MR) is 66.8 cm³/mol. The second-order valence-electron chi connectivity index (χ2n) is 4.18. The van der Waals surface area contributed by atoms with Crippen LogP contribution >= 0.6 is 0 Å². The van der Waals surface area contributed by atoms with E-state index in [-0.39, 0.29) is 0 Å². The Hall–Kier alpha value is -2.42. The first-order valence-electron chi connectivity index (χ1n) is 5.53. The molecule has 0 saturated heterocycles. The topological polar surface area (TPSA) is 70.6 Å². The summed E-state index contributed by atoms with van der Waals surface area (Å²) in [6.07, 6.45) is 3.75. The maximum atomic E-state index is 8.89. The Bertz CT molecular complexity index is 595. The van der Waals surface area contributed by atoms with Crippen LogP contribution in [-0.4, -0.2) is 26.8 Å². The highest BCUT2D eigenvalue weighted by Gasteiger charge is 2.08. The Balaban J connectivity index is 2.21. The van der Waals surface area contributed by atoms with Gasteiger partial charge in [0.1, 0.15) is 11.8 Å². The maximum absolute atomic E-state index is 8.89. The van der Waals surface area contributed by atoms with Crippen LogP contribution in [0.3, 0.4) is 0 Å². The molecule has 0 radical (unpaired) electrons. The molecule has 0 aromatic carbocycles. The fourth-order valence-electron chi connectivity index (χ4n) is 1.68. The molecule has 0 atom stereocenters. The largest absolute Gasteiger partial charge is 0.339 e. The second kappa shape index (κ2) is 4.84. The van der Waals surface area contributed by atoms with E-state index in [1.165, 1.54) is 0 Å². The molecule has 18 heavy (non-hydrogen) atoms. The lowest BCUT2D eigenvalue weighted by molar-refractivity contribution is 0.766. The zero-order chi connectivity index (χ0) is 13.1. The lowest BCUT2D eigenvalue weighted by Crippen LogP contribution is -2.19. The molecule has 0 amide bonds. The van der Waals surface area contributed by atoms with Gasteiger partial charge >= 0.3 is 0 Å². The number of hydrogen-bond acceptors (Lipinski definition) is 5. The number of nitriles is 1. The van der Waals surface area contributed by atoms with Gasteiger partial charge < -0.3 is 4.90 Å². The first kappa shape index (κ1) is 12.0. The molecule has 92 valence electrons. The fourth-order valence-corrected chi connectivity index (χ4v) is 1.68. The molecule has 0 aliphatic carbocycles. The Kier molecular flexibility index (Phi) is 3.24. The van der Waals surface area contributed by atoms with Gasteiger partial charge in [-0.2, -0.15) is 10.4 Å². The number of aromatic nitrogens is 4. The second-order valence-corrected chi connectivity index (χ2v) is 4.18. The van der Waals surface area contributed by atoms with E-state index >= 15 is 0 Å². The van der Waals surface area contributed by atoms with Gasteiger partial charge in [-0.25, -0.2) is 9.97 Å². The molecule has 6 heteroatoms. The lowest BCUT2D eigenvalue weighted by Gasteiger charge is -2.16. The summed E-state index contributed by atoms with van der Waals surface area (Å²) in [6, 6.07) is 3.70. The Morgan fingerprint density at radius 2 is 2.22 bits per heavy atom. The van der Waals surface area contributed by atoms with Crippen LogP contribution in [0, 0.1) is 18.3 Å². The number of anilines is 1. The van der Waals surface area contributed by atoms with Gasteiger partial charge in [0.25, 0.3) is 0 Å². The number of nitrogens with zero attached hydrogens (tertiary/aromatic N) is 6. The SMILES string of the molecule is Cc1cc(C#N)nc(N(C)Cc2cnn(C)c2)n1. The minimum Gasteiger partial charge on any atom is -0.339 e. The highest BCUT2D eigenvalue weighted by Crippen LogP contribution is 2.11. The third-order valence-electron chi connectivity index (χ3n) is 2.48. The quantitative estimate of drug-likeness (QED) is 0.803. The van der Waals surface area contributed by atoms with Crippen LogP contribution in [0.15, 0.2) is 18.5 Å².